The van der Waals surface area contributed by atoms with E-state index in [9.17, 15) is 14.4 Å². The summed E-state index contributed by atoms with van der Waals surface area (Å²) in [5, 5.41) is 1.92. The van der Waals surface area contributed by atoms with Crippen molar-refractivity contribution in [1.82, 2.24) is 0 Å². The first kappa shape index (κ1) is 17.7. The van der Waals surface area contributed by atoms with E-state index in [2.05, 4.69) is 0 Å². The molecule has 1 fully saturated rings. The molecule has 1 spiro atoms. The quantitative estimate of drug-likeness (QED) is 0.693. The molecule has 0 aromatic carbocycles. The van der Waals surface area contributed by atoms with Crippen molar-refractivity contribution in [3.05, 3.63) is 33.7 Å². The van der Waals surface area contributed by atoms with E-state index in [0.29, 0.717) is 37.0 Å². The zero-order valence-electron chi connectivity index (χ0n) is 15.7. The van der Waals surface area contributed by atoms with Gasteiger partial charge in [-0.2, -0.15) is 0 Å². The van der Waals surface area contributed by atoms with Gasteiger partial charge in [0.1, 0.15) is 5.76 Å². The first-order chi connectivity index (χ1) is 12.1. The number of Topliss-reactive ketones (excluding diaryl/α,β-unsaturated/α-hetero) is 3. The summed E-state index contributed by atoms with van der Waals surface area (Å²) in [4.78, 5) is 40.4. The molecule has 0 saturated heterocycles. The highest BCUT2D eigenvalue weighted by Gasteiger charge is 2.65. The van der Waals surface area contributed by atoms with Crippen molar-refractivity contribution in [3.63, 3.8) is 0 Å². The summed E-state index contributed by atoms with van der Waals surface area (Å²) in [6, 6.07) is 3.80. The lowest BCUT2D eigenvalue weighted by molar-refractivity contribution is -0.160. The minimum Gasteiger partial charge on any atom is -0.474 e. The first-order valence-corrected chi connectivity index (χ1v) is 9.99. The predicted molar refractivity (Wildman–Crippen MR) is 99.0 cm³/mol. The number of ether oxygens (including phenoxy) is 1. The fourth-order valence-electron chi connectivity index (χ4n) is 4.73. The van der Waals surface area contributed by atoms with Crippen LogP contribution in [0, 0.1) is 10.8 Å². The van der Waals surface area contributed by atoms with Gasteiger partial charge in [-0.05, 0) is 22.3 Å². The van der Waals surface area contributed by atoms with Gasteiger partial charge in [0.15, 0.2) is 17.3 Å². The molecular weight excluding hydrogens is 348 g/mol. The third kappa shape index (κ3) is 2.43. The zero-order valence-corrected chi connectivity index (χ0v) is 16.5. The molecule has 1 saturated carbocycles. The summed E-state index contributed by atoms with van der Waals surface area (Å²) in [5.74, 6) is -0.380. The van der Waals surface area contributed by atoms with Crippen molar-refractivity contribution >= 4 is 28.7 Å². The molecule has 5 heteroatoms. The number of ketones is 3. The molecule has 3 aliphatic rings. The monoisotopic (exact) mass is 372 g/mol. The number of hydrogen-bond acceptors (Lipinski definition) is 5. The van der Waals surface area contributed by atoms with Crippen LogP contribution in [0.2, 0.25) is 0 Å². The van der Waals surface area contributed by atoms with Crippen LogP contribution in [-0.2, 0) is 19.1 Å². The Balaban J connectivity index is 1.89. The van der Waals surface area contributed by atoms with Crippen molar-refractivity contribution < 1.29 is 19.1 Å². The van der Waals surface area contributed by atoms with Crippen LogP contribution >= 0.6 is 11.3 Å². The van der Waals surface area contributed by atoms with E-state index < -0.39 is 11.5 Å². The third-order valence-corrected chi connectivity index (χ3v) is 6.73. The molecule has 0 amide bonds. The summed E-state index contributed by atoms with van der Waals surface area (Å²) >= 11 is 1.48. The van der Waals surface area contributed by atoms with Gasteiger partial charge in [0.05, 0.1) is 5.92 Å². The molecule has 4 rings (SSSR count). The molecule has 1 aliphatic heterocycles. The lowest BCUT2D eigenvalue weighted by Crippen LogP contribution is -2.56. The average molecular weight is 372 g/mol. The zero-order chi connectivity index (χ0) is 18.9. The van der Waals surface area contributed by atoms with Gasteiger partial charge in [0.2, 0.25) is 5.60 Å². The second kappa shape index (κ2) is 5.38. The molecule has 2 aliphatic carbocycles. The van der Waals surface area contributed by atoms with E-state index >= 15 is 0 Å². The smallest absolute Gasteiger partial charge is 0.235 e. The first-order valence-electron chi connectivity index (χ1n) is 9.11. The standard InChI is InChI=1S/C21H24O4S/c1-19(2)8-12(22)17-13(9-19)25-21(18(17)14-6-5-7-26-14)15(23)10-20(3,4)11-16(21)24/h5-7,18H,8-11H2,1-4H3. The van der Waals surface area contributed by atoms with Gasteiger partial charge in [-0.25, -0.2) is 0 Å². The van der Waals surface area contributed by atoms with Crippen LogP contribution in [0.25, 0.3) is 0 Å². The minimum atomic E-state index is -1.54. The van der Waals surface area contributed by atoms with Crippen molar-refractivity contribution in [2.24, 2.45) is 10.8 Å². The molecule has 0 N–H and O–H groups in total. The number of hydrogen-bond donors (Lipinski definition) is 0. The van der Waals surface area contributed by atoms with Gasteiger partial charge in [0.25, 0.3) is 0 Å². The molecular formula is C21H24O4S. The second-order valence-electron chi connectivity index (χ2n) is 9.43. The lowest BCUT2D eigenvalue weighted by atomic mass is 9.63. The van der Waals surface area contributed by atoms with Gasteiger partial charge in [0, 0.05) is 36.1 Å². The van der Waals surface area contributed by atoms with Gasteiger partial charge >= 0.3 is 0 Å². The van der Waals surface area contributed by atoms with Crippen LogP contribution in [-0.4, -0.2) is 23.0 Å². The number of allylic oxidation sites excluding steroid dienone is 1. The van der Waals surface area contributed by atoms with Gasteiger partial charge < -0.3 is 4.74 Å². The Morgan fingerprint density at radius 2 is 1.58 bits per heavy atom. The number of carbonyl (C=O) groups is 3. The largest absolute Gasteiger partial charge is 0.474 e. The molecule has 2 heterocycles. The van der Waals surface area contributed by atoms with Crippen LogP contribution in [0.4, 0.5) is 0 Å². The predicted octanol–water partition coefficient (Wildman–Crippen LogP) is 4.20. The SMILES string of the molecule is CC1(C)CC(=O)C2(OC3=C(C(=O)CC(C)(C)C3)C2c2cccs2)C(=O)C1. The maximum atomic E-state index is 13.3. The van der Waals surface area contributed by atoms with E-state index in [-0.39, 0.29) is 28.2 Å². The van der Waals surface area contributed by atoms with Crippen molar-refractivity contribution in [1.29, 1.82) is 0 Å². The van der Waals surface area contributed by atoms with Gasteiger partial charge in [-0.1, -0.05) is 33.8 Å². The van der Waals surface area contributed by atoms with Crippen LogP contribution in [0.1, 0.15) is 64.2 Å². The average Bonchev–Trinajstić information content (AvgIpc) is 3.08. The van der Waals surface area contributed by atoms with Crippen LogP contribution < -0.4 is 0 Å². The fraction of sp³-hybridized carbons (Fsp3) is 0.571. The second-order valence-corrected chi connectivity index (χ2v) is 10.4. The van der Waals surface area contributed by atoms with Crippen molar-refractivity contribution in [2.45, 2.75) is 64.9 Å². The number of carbonyl (C=O) groups excluding carboxylic acids is 3. The highest BCUT2D eigenvalue weighted by atomic mass is 32.1. The van der Waals surface area contributed by atoms with Crippen LogP contribution in [0.5, 0.6) is 0 Å². The molecule has 4 nitrogen and oxygen atoms in total. The van der Waals surface area contributed by atoms with Gasteiger partial charge in [-0.3, -0.25) is 14.4 Å². The summed E-state index contributed by atoms with van der Waals surface area (Å²) in [7, 11) is 0. The van der Waals surface area contributed by atoms with Crippen molar-refractivity contribution in [3.8, 4) is 0 Å². The topological polar surface area (TPSA) is 60.4 Å². The lowest BCUT2D eigenvalue weighted by Gasteiger charge is -2.41. The molecule has 0 bridgehead atoms. The van der Waals surface area contributed by atoms with Crippen LogP contribution in [0.15, 0.2) is 28.8 Å². The Hall–Kier alpha value is -1.75. The molecule has 1 aromatic heterocycles. The molecule has 26 heavy (non-hydrogen) atoms. The molecule has 1 aromatic rings. The Labute approximate surface area is 157 Å². The molecule has 0 radical (unpaired) electrons. The maximum Gasteiger partial charge on any atom is 0.235 e. The summed E-state index contributed by atoms with van der Waals surface area (Å²) in [6.45, 7) is 7.92. The number of rotatable bonds is 1. The summed E-state index contributed by atoms with van der Waals surface area (Å²) in [6.07, 6.45) is 1.58. The Bertz CT molecular complexity index is 821. The van der Waals surface area contributed by atoms with Crippen molar-refractivity contribution in [2.75, 3.05) is 0 Å². The Morgan fingerprint density at radius 3 is 2.15 bits per heavy atom. The normalized spacial score (nSPS) is 29.1. The van der Waals surface area contributed by atoms with E-state index in [4.69, 9.17) is 4.74 Å². The molecule has 138 valence electrons. The molecule has 1 atom stereocenters. The number of thiophene rings is 1. The van der Waals surface area contributed by atoms with E-state index in [1.54, 1.807) is 0 Å². The summed E-state index contributed by atoms with van der Waals surface area (Å²) in [5.41, 5.74) is -1.56. The third-order valence-electron chi connectivity index (χ3n) is 5.79. The van der Waals surface area contributed by atoms with E-state index in [1.165, 1.54) is 11.3 Å². The summed E-state index contributed by atoms with van der Waals surface area (Å²) < 4.78 is 6.22. The van der Waals surface area contributed by atoms with Crippen LogP contribution in [0.3, 0.4) is 0 Å². The molecule has 1 unspecified atom stereocenters. The van der Waals surface area contributed by atoms with Gasteiger partial charge in [-0.15, -0.1) is 11.3 Å². The van der Waals surface area contributed by atoms with E-state index in [0.717, 1.165) is 4.88 Å². The highest BCUT2D eigenvalue weighted by Crippen LogP contribution is 2.57. The minimum absolute atomic E-state index is 0.0111. The van der Waals surface area contributed by atoms with E-state index in [1.807, 2.05) is 45.2 Å². The Kier molecular flexibility index (Phi) is 3.65. The maximum absolute atomic E-state index is 13.3. The fourth-order valence-corrected chi connectivity index (χ4v) is 5.62. The Morgan fingerprint density at radius 1 is 0.962 bits per heavy atom. The highest BCUT2D eigenvalue weighted by molar-refractivity contribution is 7.10.